The molecule has 3 aromatic rings. The fraction of sp³-hybridized carbons (Fsp3) is 0.375. The van der Waals surface area contributed by atoms with E-state index in [9.17, 15) is 9.59 Å². The lowest BCUT2D eigenvalue weighted by Gasteiger charge is -2.36. The second kappa shape index (κ2) is 9.57. The summed E-state index contributed by atoms with van der Waals surface area (Å²) in [5, 5.41) is 2.99. The number of fused-ring (bicyclic) bond motifs is 1. The van der Waals surface area contributed by atoms with Gasteiger partial charge >= 0.3 is 0 Å². The molecule has 0 radical (unpaired) electrons. The summed E-state index contributed by atoms with van der Waals surface area (Å²) in [6.45, 7) is 2.02. The van der Waals surface area contributed by atoms with E-state index in [1.165, 1.54) is 0 Å². The maximum atomic E-state index is 13.0. The fourth-order valence-corrected chi connectivity index (χ4v) is 4.22. The van der Waals surface area contributed by atoms with Gasteiger partial charge in [-0.3, -0.25) is 9.59 Å². The summed E-state index contributed by atoms with van der Waals surface area (Å²) in [6.07, 6.45) is 6.25. The van der Waals surface area contributed by atoms with Crippen LogP contribution in [0, 0.1) is 0 Å². The van der Waals surface area contributed by atoms with Crippen molar-refractivity contribution in [3.63, 3.8) is 0 Å². The maximum absolute atomic E-state index is 13.0. The Bertz CT molecular complexity index is 999. The van der Waals surface area contributed by atoms with Crippen LogP contribution in [0.1, 0.15) is 42.5 Å². The van der Waals surface area contributed by atoms with Crippen LogP contribution in [0.5, 0.6) is 0 Å². The van der Waals surface area contributed by atoms with Gasteiger partial charge in [0.1, 0.15) is 0 Å². The molecular formula is C24H28N4O2. The predicted octanol–water partition coefficient (Wildman–Crippen LogP) is 3.63. The van der Waals surface area contributed by atoms with Crippen molar-refractivity contribution in [2.75, 3.05) is 13.1 Å². The molecule has 156 valence electrons. The zero-order chi connectivity index (χ0) is 20.8. The molecule has 0 saturated carbocycles. The van der Waals surface area contributed by atoms with Crippen molar-refractivity contribution in [2.24, 2.45) is 0 Å². The molecule has 6 heteroatoms. The van der Waals surface area contributed by atoms with Crippen molar-refractivity contribution in [3.8, 4) is 0 Å². The van der Waals surface area contributed by atoms with Crippen LogP contribution < -0.4 is 5.32 Å². The molecule has 1 unspecified atom stereocenters. The summed E-state index contributed by atoms with van der Waals surface area (Å²) < 4.78 is 2.05. The highest BCUT2D eigenvalue weighted by molar-refractivity contribution is 5.94. The zero-order valence-corrected chi connectivity index (χ0v) is 17.2. The molecule has 1 saturated heterocycles. The molecule has 30 heavy (non-hydrogen) atoms. The van der Waals surface area contributed by atoms with Gasteiger partial charge in [0.15, 0.2) is 0 Å². The molecule has 1 N–H and O–H groups in total. The van der Waals surface area contributed by atoms with Crippen LogP contribution in [-0.4, -0.2) is 45.4 Å². The number of imidazole rings is 1. The minimum Gasteiger partial charge on any atom is -0.352 e. The van der Waals surface area contributed by atoms with E-state index in [0.29, 0.717) is 25.1 Å². The number of rotatable bonds is 7. The number of hydrogen-bond acceptors (Lipinski definition) is 3. The van der Waals surface area contributed by atoms with Gasteiger partial charge < -0.3 is 14.8 Å². The number of carbonyl (C=O) groups excluding carboxylic acids is 2. The summed E-state index contributed by atoms with van der Waals surface area (Å²) in [4.78, 5) is 31.6. The first kappa shape index (κ1) is 20.1. The van der Waals surface area contributed by atoms with E-state index in [0.717, 1.165) is 43.3 Å². The van der Waals surface area contributed by atoms with Gasteiger partial charge in [-0.05, 0) is 49.9 Å². The number of aromatic nitrogens is 2. The Labute approximate surface area is 176 Å². The summed E-state index contributed by atoms with van der Waals surface area (Å²) in [7, 11) is 0. The van der Waals surface area contributed by atoms with Crippen LogP contribution in [0.2, 0.25) is 0 Å². The first-order valence-electron chi connectivity index (χ1n) is 10.7. The average Bonchev–Trinajstić information content (AvgIpc) is 3.21. The van der Waals surface area contributed by atoms with Crippen LogP contribution >= 0.6 is 0 Å². The van der Waals surface area contributed by atoms with Crippen molar-refractivity contribution in [1.29, 1.82) is 0 Å². The zero-order valence-electron chi connectivity index (χ0n) is 17.2. The minimum atomic E-state index is -0.0590. The minimum absolute atomic E-state index is 0.0590. The lowest BCUT2D eigenvalue weighted by Crippen LogP contribution is -2.45. The predicted molar refractivity (Wildman–Crippen MR) is 117 cm³/mol. The number of piperidine rings is 1. The van der Waals surface area contributed by atoms with Gasteiger partial charge in [0, 0.05) is 37.7 Å². The standard InChI is InChI=1S/C24H28N4O2/c29-23(14-17-27-18-26-21-11-4-5-12-22(21)27)28-16-7-6-10-20(28)13-15-25-24(30)19-8-2-1-3-9-19/h1-5,8-9,11-12,18,20H,6-7,10,13-17H2,(H,25,30). The summed E-state index contributed by atoms with van der Waals surface area (Å²) in [5.74, 6) is 0.128. The smallest absolute Gasteiger partial charge is 0.251 e. The molecule has 1 aromatic heterocycles. The van der Waals surface area contributed by atoms with Crippen molar-refractivity contribution in [2.45, 2.75) is 44.7 Å². The molecule has 1 aliphatic rings. The van der Waals surface area contributed by atoms with E-state index >= 15 is 0 Å². The molecule has 0 aliphatic carbocycles. The van der Waals surface area contributed by atoms with Crippen molar-refractivity contribution >= 4 is 22.8 Å². The van der Waals surface area contributed by atoms with E-state index in [2.05, 4.69) is 10.3 Å². The SMILES string of the molecule is O=C(NCCC1CCCCN1C(=O)CCn1cnc2ccccc21)c1ccccc1. The molecule has 0 bridgehead atoms. The van der Waals surface area contributed by atoms with Crippen LogP contribution in [0.15, 0.2) is 60.9 Å². The maximum Gasteiger partial charge on any atom is 0.251 e. The molecule has 0 spiro atoms. The molecular weight excluding hydrogens is 376 g/mol. The molecule has 2 heterocycles. The number of amides is 2. The Hall–Kier alpha value is -3.15. The van der Waals surface area contributed by atoms with Crippen molar-refractivity contribution in [3.05, 3.63) is 66.5 Å². The lowest BCUT2D eigenvalue weighted by atomic mass is 9.98. The Morgan fingerprint density at radius 1 is 1.03 bits per heavy atom. The molecule has 1 aliphatic heterocycles. The normalized spacial score (nSPS) is 16.5. The van der Waals surface area contributed by atoms with Gasteiger partial charge in [0.05, 0.1) is 17.4 Å². The molecule has 2 aromatic carbocycles. The number of hydrogen-bond donors (Lipinski definition) is 1. The van der Waals surface area contributed by atoms with Gasteiger partial charge in [0.25, 0.3) is 5.91 Å². The molecule has 1 atom stereocenters. The Kier molecular flexibility index (Phi) is 6.42. The van der Waals surface area contributed by atoms with E-state index in [1.54, 1.807) is 0 Å². The van der Waals surface area contributed by atoms with E-state index < -0.39 is 0 Å². The van der Waals surface area contributed by atoms with Crippen LogP contribution in [0.3, 0.4) is 0 Å². The number of aryl methyl sites for hydroxylation is 1. The molecule has 4 rings (SSSR count). The van der Waals surface area contributed by atoms with Gasteiger partial charge in [-0.2, -0.15) is 0 Å². The van der Waals surface area contributed by atoms with E-state index in [-0.39, 0.29) is 17.9 Å². The first-order chi connectivity index (χ1) is 14.7. The second-order valence-electron chi connectivity index (χ2n) is 7.82. The summed E-state index contributed by atoms with van der Waals surface area (Å²) >= 11 is 0. The fourth-order valence-electron chi connectivity index (χ4n) is 4.22. The first-order valence-corrected chi connectivity index (χ1v) is 10.7. The Morgan fingerprint density at radius 3 is 2.70 bits per heavy atom. The number of nitrogens with one attached hydrogen (secondary N) is 1. The van der Waals surface area contributed by atoms with Crippen LogP contribution in [0.4, 0.5) is 0 Å². The highest BCUT2D eigenvalue weighted by atomic mass is 16.2. The van der Waals surface area contributed by atoms with Gasteiger partial charge in [0.2, 0.25) is 5.91 Å². The summed E-state index contributed by atoms with van der Waals surface area (Å²) in [6, 6.07) is 17.4. The third-order valence-corrected chi connectivity index (χ3v) is 5.84. The largest absolute Gasteiger partial charge is 0.352 e. The third kappa shape index (κ3) is 4.70. The lowest BCUT2D eigenvalue weighted by molar-refractivity contribution is -0.135. The molecule has 6 nitrogen and oxygen atoms in total. The molecule has 1 fully saturated rings. The second-order valence-corrected chi connectivity index (χ2v) is 7.82. The monoisotopic (exact) mass is 404 g/mol. The Morgan fingerprint density at radius 2 is 1.83 bits per heavy atom. The molecule has 2 amide bonds. The third-order valence-electron chi connectivity index (χ3n) is 5.84. The van der Waals surface area contributed by atoms with E-state index in [4.69, 9.17) is 0 Å². The summed E-state index contributed by atoms with van der Waals surface area (Å²) in [5.41, 5.74) is 2.68. The average molecular weight is 405 g/mol. The number of benzene rings is 2. The van der Waals surface area contributed by atoms with Crippen molar-refractivity contribution < 1.29 is 9.59 Å². The highest BCUT2D eigenvalue weighted by Gasteiger charge is 2.26. The highest BCUT2D eigenvalue weighted by Crippen LogP contribution is 2.21. The quantitative estimate of drug-likeness (QED) is 0.654. The van der Waals surface area contributed by atoms with Crippen molar-refractivity contribution in [1.82, 2.24) is 19.8 Å². The number of nitrogens with zero attached hydrogens (tertiary/aromatic N) is 3. The number of likely N-dealkylation sites (tertiary alicyclic amines) is 1. The number of para-hydroxylation sites is 2. The number of carbonyl (C=O) groups is 2. The Balaban J connectivity index is 1.30. The van der Waals surface area contributed by atoms with Gasteiger partial charge in [-0.15, -0.1) is 0 Å². The van der Waals surface area contributed by atoms with Crippen LogP contribution in [-0.2, 0) is 11.3 Å². The van der Waals surface area contributed by atoms with Gasteiger partial charge in [-0.25, -0.2) is 4.98 Å². The van der Waals surface area contributed by atoms with E-state index in [1.807, 2.05) is 70.4 Å². The van der Waals surface area contributed by atoms with Gasteiger partial charge in [-0.1, -0.05) is 30.3 Å². The topological polar surface area (TPSA) is 67.2 Å². The van der Waals surface area contributed by atoms with Crippen LogP contribution in [0.25, 0.3) is 11.0 Å².